The van der Waals surface area contributed by atoms with Crippen molar-refractivity contribution in [3.63, 3.8) is 0 Å². The summed E-state index contributed by atoms with van der Waals surface area (Å²) >= 11 is 6.85. The monoisotopic (exact) mass is 369 g/mol. The normalized spacial score (nSPS) is 10.7. The first-order chi connectivity index (χ1) is 11.9. The minimum absolute atomic E-state index is 0.128. The molecular weight excluding hydrogens is 354 g/mol. The molecule has 2 aromatic carbocycles. The number of carbonyl (C=O) groups excluding carboxylic acids is 2. The van der Waals surface area contributed by atoms with Crippen molar-refractivity contribution in [3.05, 3.63) is 51.3 Å². The number of fused-ring (bicyclic) bond motifs is 1. The van der Waals surface area contributed by atoms with Gasteiger partial charge in [-0.25, -0.2) is 4.98 Å². The van der Waals surface area contributed by atoms with Crippen molar-refractivity contribution in [2.45, 2.75) is 20.8 Å². The van der Waals surface area contributed by atoms with Crippen LogP contribution in [0.3, 0.4) is 0 Å². The van der Waals surface area contributed by atoms with Crippen LogP contribution in [0, 0.1) is 10.7 Å². The summed E-state index contributed by atoms with van der Waals surface area (Å²) in [6, 6.07) is 11.1. The molecule has 3 aromatic rings. The van der Waals surface area contributed by atoms with Crippen LogP contribution >= 0.6 is 23.6 Å². The van der Waals surface area contributed by atoms with Gasteiger partial charge in [0.05, 0.1) is 5.52 Å². The lowest BCUT2D eigenvalue weighted by molar-refractivity contribution is -0.131. The van der Waals surface area contributed by atoms with Gasteiger partial charge in [-0.1, -0.05) is 30.4 Å². The standard InChI is InChI=1S/C19H15NO3S2/c1-10-8-15(14(11(2)21)9-17(10)23-12(3)22)18-20-16-7-5-4-6-13(16)19(24)25-18/h4-9H,1-3H3. The molecule has 1 aromatic heterocycles. The lowest BCUT2D eigenvalue weighted by Gasteiger charge is -2.12. The Bertz CT molecular complexity index is 1070. The van der Waals surface area contributed by atoms with Crippen molar-refractivity contribution >= 4 is 46.2 Å². The molecule has 0 N–H and O–H groups in total. The fourth-order valence-corrected chi connectivity index (χ4v) is 3.85. The Hall–Kier alpha value is -2.44. The number of esters is 1. The van der Waals surface area contributed by atoms with E-state index in [0.717, 1.165) is 20.3 Å². The third-order valence-corrected chi connectivity index (χ3v) is 5.09. The predicted molar refractivity (Wildman–Crippen MR) is 102 cm³/mol. The second-order valence-electron chi connectivity index (χ2n) is 5.64. The van der Waals surface area contributed by atoms with Gasteiger partial charge in [-0.15, -0.1) is 11.3 Å². The number of hydrogen-bond acceptors (Lipinski definition) is 6. The van der Waals surface area contributed by atoms with Gasteiger partial charge in [-0.2, -0.15) is 0 Å². The van der Waals surface area contributed by atoms with Crippen LogP contribution in [0.5, 0.6) is 5.75 Å². The summed E-state index contributed by atoms with van der Waals surface area (Å²) < 4.78 is 5.91. The summed E-state index contributed by atoms with van der Waals surface area (Å²) in [5.74, 6) is -0.174. The molecule has 25 heavy (non-hydrogen) atoms. The maximum atomic E-state index is 12.1. The number of rotatable bonds is 3. The van der Waals surface area contributed by atoms with E-state index in [1.807, 2.05) is 37.3 Å². The van der Waals surface area contributed by atoms with Gasteiger partial charge in [0.2, 0.25) is 0 Å². The van der Waals surface area contributed by atoms with Crippen LogP contribution in [-0.2, 0) is 4.79 Å². The molecule has 0 atom stereocenters. The Labute approximate surface area is 154 Å². The summed E-state index contributed by atoms with van der Waals surface area (Å²) in [7, 11) is 0. The maximum Gasteiger partial charge on any atom is 0.308 e. The molecule has 126 valence electrons. The highest BCUT2D eigenvalue weighted by atomic mass is 32.1. The number of hydrogen-bond donors (Lipinski definition) is 0. The molecule has 1 heterocycles. The molecule has 0 fully saturated rings. The van der Waals surface area contributed by atoms with Crippen molar-refractivity contribution in [2.24, 2.45) is 0 Å². The van der Waals surface area contributed by atoms with Gasteiger partial charge >= 0.3 is 5.97 Å². The fourth-order valence-electron chi connectivity index (χ4n) is 2.56. The Morgan fingerprint density at radius 1 is 1.16 bits per heavy atom. The van der Waals surface area contributed by atoms with Crippen LogP contribution in [0.2, 0.25) is 0 Å². The van der Waals surface area contributed by atoms with Crippen LogP contribution in [-0.4, -0.2) is 16.7 Å². The van der Waals surface area contributed by atoms with Crippen LogP contribution in [0.25, 0.3) is 21.5 Å². The van der Waals surface area contributed by atoms with Crippen LogP contribution < -0.4 is 4.74 Å². The summed E-state index contributed by atoms with van der Waals surface area (Å²) in [4.78, 5) is 28.1. The smallest absolute Gasteiger partial charge is 0.308 e. The molecule has 0 aliphatic heterocycles. The van der Waals surface area contributed by atoms with Gasteiger partial charge in [-0.05, 0) is 37.6 Å². The quantitative estimate of drug-likeness (QED) is 0.277. The number of nitrogens with zero attached hydrogens (tertiary/aromatic N) is 1. The Kier molecular flexibility index (Phi) is 4.74. The van der Waals surface area contributed by atoms with Gasteiger partial charge < -0.3 is 4.74 Å². The lowest BCUT2D eigenvalue weighted by atomic mass is 10.0. The van der Waals surface area contributed by atoms with E-state index in [4.69, 9.17) is 17.0 Å². The molecule has 0 amide bonds. The topological polar surface area (TPSA) is 56.3 Å². The summed E-state index contributed by atoms with van der Waals surface area (Å²) in [6.45, 7) is 4.63. The van der Waals surface area contributed by atoms with E-state index in [2.05, 4.69) is 4.98 Å². The van der Waals surface area contributed by atoms with E-state index in [1.165, 1.54) is 25.2 Å². The Morgan fingerprint density at radius 3 is 2.56 bits per heavy atom. The first kappa shape index (κ1) is 17.4. The van der Waals surface area contributed by atoms with E-state index in [-0.39, 0.29) is 5.78 Å². The first-order valence-corrected chi connectivity index (χ1v) is 8.83. The molecule has 0 saturated heterocycles. The molecule has 3 rings (SSSR count). The van der Waals surface area contributed by atoms with E-state index >= 15 is 0 Å². The van der Waals surface area contributed by atoms with Crippen LogP contribution in [0.15, 0.2) is 36.4 Å². The molecule has 4 nitrogen and oxygen atoms in total. The number of aromatic nitrogens is 1. The summed E-state index contributed by atoms with van der Waals surface area (Å²) in [5.41, 5.74) is 2.69. The van der Waals surface area contributed by atoms with Crippen molar-refractivity contribution in [1.29, 1.82) is 0 Å². The van der Waals surface area contributed by atoms with Gasteiger partial charge in [0, 0.05) is 23.4 Å². The largest absolute Gasteiger partial charge is 0.426 e. The first-order valence-electron chi connectivity index (χ1n) is 7.61. The minimum Gasteiger partial charge on any atom is -0.426 e. The average molecular weight is 369 g/mol. The molecule has 0 saturated carbocycles. The van der Waals surface area contributed by atoms with Crippen molar-refractivity contribution in [3.8, 4) is 16.3 Å². The summed E-state index contributed by atoms with van der Waals surface area (Å²) in [5, 5.41) is 1.59. The van der Waals surface area contributed by atoms with Gasteiger partial charge in [-0.3, -0.25) is 9.59 Å². The second-order valence-corrected chi connectivity index (χ2v) is 7.30. The Morgan fingerprint density at radius 2 is 1.88 bits per heavy atom. The van der Waals surface area contributed by atoms with Crippen LogP contribution in [0.4, 0.5) is 0 Å². The minimum atomic E-state index is -0.426. The lowest BCUT2D eigenvalue weighted by Crippen LogP contribution is -2.06. The highest BCUT2D eigenvalue weighted by Crippen LogP contribution is 2.34. The van der Waals surface area contributed by atoms with E-state index in [1.54, 1.807) is 6.07 Å². The highest BCUT2D eigenvalue weighted by molar-refractivity contribution is 7.74. The number of benzene rings is 2. The third-order valence-electron chi connectivity index (χ3n) is 3.71. The van der Waals surface area contributed by atoms with Crippen molar-refractivity contribution in [2.75, 3.05) is 0 Å². The maximum absolute atomic E-state index is 12.1. The van der Waals surface area contributed by atoms with E-state index in [9.17, 15) is 9.59 Å². The van der Waals surface area contributed by atoms with Crippen LogP contribution in [0.1, 0.15) is 29.8 Å². The number of para-hydroxylation sites is 1. The molecule has 0 unspecified atom stereocenters. The van der Waals surface area contributed by atoms with Gasteiger partial charge in [0.25, 0.3) is 0 Å². The number of carbonyl (C=O) groups is 2. The zero-order valence-corrected chi connectivity index (χ0v) is 15.6. The molecular formula is C19H15NO3S2. The van der Waals surface area contributed by atoms with Crippen molar-refractivity contribution in [1.82, 2.24) is 4.98 Å². The summed E-state index contributed by atoms with van der Waals surface area (Å²) in [6.07, 6.45) is 0. The SMILES string of the molecule is CC(=O)Oc1cc(C(C)=O)c(-c2nc3ccccc3c(=S)s2)cc1C. The number of aryl methyl sites for hydroxylation is 1. The fraction of sp³-hybridized carbons (Fsp3) is 0.158. The molecule has 0 aliphatic rings. The number of ether oxygens (including phenoxy) is 1. The van der Waals surface area contributed by atoms with E-state index < -0.39 is 5.97 Å². The molecule has 0 radical (unpaired) electrons. The second kappa shape index (κ2) is 6.82. The zero-order valence-electron chi connectivity index (χ0n) is 14.0. The van der Waals surface area contributed by atoms with E-state index in [0.29, 0.717) is 21.9 Å². The van der Waals surface area contributed by atoms with Crippen molar-refractivity contribution < 1.29 is 14.3 Å². The molecule has 6 heteroatoms. The van der Waals surface area contributed by atoms with Gasteiger partial charge in [0.15, 0.2) is 5.78 Å². The number of Topliss-reactive ketones (excluding diaryl/α,β-unsaturated/α-hetero) is 1. The average Bonchev–Trinajstić information content (AvgIpc) is 2.55. The zero-order chi connectivity index (χ0) is 18.1. The molecule has 0 spiro atoms. The highest BCUT2D eigenvalue weighted by Gasteiger charge is 2.17. The third kappa shape index (κ3) is 3.50. The Balaban J connectivity index is 2.26. The molecule has 0 bridgehead atoms. The van der Waals surface area contributed by atoms with Gasteiger partial charge in [0.1, 0.15) is 14.6 Å². The molecule has 0 aliphatic carbocycles. The predicted octanol–water partition coefficient (Wildman–Crippen LogP) is 5.13. The number of ketones is 1.